The lowest BCUT2D eigenvalue weighted by Gasteiger charge is -2.29. The predicted octanol–water partition coefficient (Wildman–Crippen LogP) is 2.46. The summed E-state index contributed by atoms with van der Waals surface area (Å²) in [6, 6.07) is 0. The first-order valence-corrected chi connectivity index (χ1v) is 5.22. The van der Waals surface area contributed by atoms with Crippen LogP contribution in [0.2, 0.25) is 6.82 Å². The molecule has 0 spiro atoms. The van der Waals surface area contributed by atoms with Crippen LogP contribution >= 0.6 is 0 Å². The van der Waals surface area contributed by atoms with Gasteiger partial charge in [0.2, 0.25) is 7.28 Å². The van der Waals surface area contributed by atoms with Crippen LogP contribution in [0.1, 0.15) is 41.0 Å². The highest BCUT2D eigenvalue weighted by Gasteiger charge is 2.30. The zero-order chi connectivity index (χ0) is 11.4. The molecule has 0 amide bonds. The summed E-state index contributed by atoms with van der Waals surface area (Å²) in [5, 5.41) is 0. The van der Waals surface area contributed by atoms with Gasteiger partial charge in [-0.25, -0.2) is 0 Å². The fourth-order valence-electron chi connectivity index (χ4n) is 1.60. The lowest BCUT2D eigenvalue weighted by Crippen LogP contribution is -2.28. The summed E-state index contributed by atoms with van der Waals surface area (Å²) in [5.41, 5.74) is -0.322. The van der Waals surface area contributed by atoms with Gasteiger partial charge < -0.3 is 0 Å². The molecule has 0 atom stereocenters. The number of carbonyl (C=O) groups is 1. The van der Waals surface area contributed by atoms with Crippen LogP contribution in [0.15, 0.2) is 0 Å². The van der Waals surface area contributed by atoms with E-state index in [0.717, 1.165) is 13.7 Å². The molecule has 0 N–H and O–H groups in total. The lowest BCUT2D eigenvalue weighted by atomic mass is 9.72. The molecule has 0 aromatic rings. The second-order valence-electron chi connectivity index (χ2n) is 5.16. The van der Waals surface area contributed by atoms with Crippen molar-refractivity contribution in [3.8, 4) is 11.7 Å². The molecule has 0 rings (SSSR count). The highest BCUT2D eigenvalue weighted by molar-refractivity contribution is 6.44. The summed E-state index contributed by atoms with van der Waals surface area (Å²) in [6.07, 6.45) is 0.822. The fraction of sp³-hybridized carbons (Fsp3) is 0.750. The van der Waals surface area contributed by atoms with Crippen LogP contribution in [-0.2, 0) is 4.79 Å². The summed E-state index contributed by atoms with van der Waals surface area (Å²) in [4.78, 5) is 11.4. The van der Waals surface area contributed by atoms with Gasteiger partial charge in [0.05, 0.1) is 0 Å². The van der Waals surface area contributed by atoms with Gasteiger partial charge in [0.15, 0.2) is 0 Å². The van der Waals surface area contributed by atoms with Crippen LogP contribution in [-0.4, -0.2) is 13.1 Å². The van der Waals surface area contributed by atoms with E-state index < -0.39 is 0 Å². The average Bonchev–Trinajstić information content (AvgIpc) is 1.99. The Morgan fingerprint density at radius 2 is 1.79 bits per heavy atom. The summed E-state index contributed by atoms with van der Waals surface area (Å²) >= 11 is 0. The molecule has 78 valence electrons. The minimum atomic E-state index is -0.258. The average molecular weight is 192 g/mol. The van der Waals surface area contributed by atoms with Crippen LogP contribution in [0, 0.1) is 22.6 Å². The molecule has 0 aliphatic rings. The lowest BCUT2D eigenvalue weighted by molar-refractivity contribution is -0.126. The van der Waals surface area contributed by atoms with Crippen molar-refractivity contribution in [1.82, 2.24) is 0 Å². The number of Topliss-reactive ketones (excluding diaryl/α,β-unsaturated/α-hetero) is 1. The normalized spacial score (nSPS) is 11.6. The number of rotatable bonds is 3. The van der Waals surface area contributed by atoms with Gasteiger partial charge >= 0.3 is 0 Å². The molecule has 0 aromatic carbocycles. The van der Waals surface area contributed by atoms with Gasteiger partial charge in [-0.05, 0) is 27.2 Å². The Morgan fingerprint density at radius 3 is 2.14 bits per heavy atom. The third-order valence-electron chi connectivity index (χ3n) is 2.44. The zero-order valence-electron chi connectivity index (χ0n) is 10.3. The summed E-state index contributed by atoms with van der Waals surface area (Å²) < 4.78 is 0. The van der Waals surface area contributed by atoms with Crippen molar-refractivity contribution in [3.63, 3.8) is 0 Å². The Morgan fingerprint density at radius 1 is 1.29 bits per heavy atom. The summed E-state index contributed by atoms with van der Waals surface area (Å²) in [6.45, 7) is 11.9. The van der Waals surface area contributed by atoms with E-state index in [1.165, 1.54) is 0 Å². The minimum Gasteiger partial charge on any atom is -0.299 e. The molecule has 14 heavy (non-hydrogen) atoms. The smallest absolute Gasteiger partial charge is 0.210 e. The van der Waals surface area contributed by atoms with Crippen molar-refractivity contribution in [2.75, 3.05) is 0 Å². The van der Waals surface area contributed by atoms with E-state index in [4.69, 9.17) is 0 Å². The van der Waals surface area contributed by atoms with Gasteiger partial charge in [-0.2, -0.15) is 5.82 Å². The maximum atomic E-state index is 11.4. The van der Waals surface area contributed by atoms with E-state index in [0.29, 0.717) is 0 Å². The van der Waals surface area contributed by atoms with E-state index in [1.54, 1.807) is 6.92 Å². The molecule has 0 saturated heterocycles. The number of carbonyl (C=O) groups excluding carboxylic acids is 1. The monoisotopic (exact) mass is 192 g/mol. The third kappa shape index (κ3) is 4.51. The molecule has 2 heteroatoms. The van der Waals surface area contributed by atoms with E-state index >= 15 is 0 Å². The fourth-order valence-corrected chi connectivity index (χ4v) is 1.60. The highest BCUT2D eigenvalue weighted by Crippen LogP contribution is 2.33. The molecule has 0 saturated carbocycles. The predicted molar refractivity (Wildman–Crippen MR) is 63.6 cm³/mol. The number of ketones is 1. The SMILES string of the molecule is CBC#CC(C)(C)CC(C)(C)C(C)=O. The van der Waals surface area contributed by atoms with Crippen LogP contribution in [0.4, 0.5) is 0 Å². The quantitative estimate of drug-likeness (QED) is 0.495. The summed E-state index contributed by atoms with van der Waals surface area (Å²) in [7, 11) is 0.879. The van der Waals surface area contributed by atoms with Crippen LogP contribution in [0.3, 0.4) is 0 Å². The Balaban J connectivity index is 4.58. The molecule has 0 aliphatic heterocycles. The Labute approximate surface area is 88.9 Å². The highest BCUT2D eigenvalue weighted by atomic mass is 16.1. The Kier molecular flexibility index (Phi) is 4.45. The van der Waals surface area contributed by atoms with E-state index in [-0.39, 0.29) is 16.6 Å². The van der Waals surface area contributed by atoms with Crippen LogP contribution < -0.4 is 0 Å². The standard InChI is InChI=1S/C12H21BO/c1-10(14)12(4,5)9-11(2,3)7-8-13-6/h13H,9H2,1-6H3. The molecule has 0 fully saturated rings. The number of hydrogen-bond donors (Lipinski definition) is 0. The Hall–Kier alpha value is -0.705. The van der Waals surface area contributed by atoms with Crippen LogP contribution in [0.5, 0.6) is 0 Å². The first-order chi connectivity index (χ1) is 6.21. The van der Waals surface area contributed by atoms with E-state index in [2.05, 4.69) is 25.6 Å². The van der Waals surface area contributed by atoms with Crippen molar-refractivity contribution in [3.05, 3.63) is 0 Å². The van der Waals surface area contributed by atoms with E-state index in [1.807, 2.05) is 20.7 Å². The molecule has 0 aromatic heterocycles. The molecule has 0 radical (unpaired) electrons. The van der Waals surface area contributed by atoms with Crippen molar-refractivity contribution < 1.29 is 4.79 Å². The molecule has 0 unspecified atom stereocenters. The van der Waals surface area contributed by atoms with Crippen molar-refractivity contribution >= 4 is 13.1 Å². The van der Waals surface area contributed by atoms with E-state index in [9.17, 15) is 4.79 Å². The van der Waals surface area contributed by atoms with Crippen LogP contribution in [0.25, 0.3) is 0 Å². The molecule has 1 nitrogen and oxygen atoms in total. The van der Waals surface area contributed by atoms with Crippen molar-refractivity contribution in [2.24, 2.45) is 10.8 Å². The molecular formula is C12H21BO. The number of hydrogen-bond acceptors (Lipinski definition) is 1. The van der Waals surface area contributed by atoms with Crippen molar-refractivity contribution in [2.45, 2.75) is 47.9 Å². The second kappa shape index (κ2) is 4.69. The van der Waals surface area contributed by atoms with Gasteiger partial charge in [0.1, 0.15) is 5.78 Å². The van der Waals surface area contributed by atoms with Gasteiger partial charge in [-0.3, -0.25) is 4.79 Å². The topological polar surface area (TPSA) is 17.1 Å². The largest absolute Gasteiger partial charge is 0.299 e. The molecule has 0 heterocycles. The maximum Gasteiger partial charge on any atom is 0.210 e. The third-order valence-corrected chi connectivity index (χ3v) is 2.44. The maximum absolute atomic E-state index is 11.4. The summed E-state index contributed by atoms with van der Waals surface area (Å²) in [5.74, 6) is 6.55. The van der Waals surface area contributed by atoms with Crippen molar-refractivity contribution in [1.29, 1.82) is 0 Å². The molecule has 0 aliphatic carbocycles. The first-order valence-electron chi connectivity index (χ1n) is 5.22. The minimum absolute atomic E-state index is 0.0643. The first kappa shape index (κ1) is 13.3. The zero-order valence-corrected chi connectivity index (χ0v) is 10.3. The van der Waals surface area contributed by atoms with Gasteiger partial charge in [-0.1, -0.05) is 20.7 Å². The van der Waals surface area contributed by atoms with Gasteiger partial charge in [-0.15, -0.1) is 5.92 Å². The Bertz CT molecular complexity index is 266. The second-order valence-corrected chi connectivity index (χ2v) is 5.16. The van der Waals surface area contributed by atoms with Gasteiger partial charge in [0, 0.05) is 10.8 Å². The van der Waals surface area contributed by atoms with Gasteiger partial charge in [0.25, 0.3) is 0 Å². The molecular weight excluding hydrogens is 171 g/mol. The molecule has 0 bridgehead atoms.